The van der Waals surface area contributed by atoms with Crippen molar-refractivity contribution >= 4 is 5.82 Å². The summed E-state index contributed by atoms with van der Waals surface area (Å²) in [5, 5.41) is 13.3. The molecule has 0 unspecified atom stereocenters. The SMILES string of the molecule is CC[C@@H]1c2nnc(C)n2-c2cnc(-n3ncnc3-c3ccccc3)nc2N1C1CCC1. The number of benzene rings is 1. The highest BCUT2D eigenvalue weighted by atomic mass is 15.4. The van der Waals surface area contributed by atoms with Crippen LogP contribution < -0.4 is 4.90 Å². The number of anilines is 1. The van der Waals surface area contributed by atoms with Gasteiger partial charge in [-0.1, -0.05) is 37.3 Å². The molecule has 0 radical (unpaired) electrons. The van der Waals surface area contributed by atoms with E-state index >= 15 is 0 Å². The van der Waals surface area contributed by atoms with E-state index in [0.717, 1.165) is 41.0 Å². The second kappa shape index (κ2) is 6.97. The minimum Gasteiger partial charge on any atom is -0.341 e. The number of nitrogens with zero attached hydrogens (tertiary/aromatic N) is 9. The molecular weight excluding hydrogens is 390 g/mol. The van der Waals surface area contributed by atoms with Crippen LogP contribution in [0.5, 0.6) is 0 Å². The van der Waals surface area contributed by atoms with Crippen LogP contribution in [0.25, 0.3) is 23.0 Å². The number of hydrogen-bond acceptors (Lipinski definition) is 7. The van der Waals surface area contributed by atoms with Crippen LogP contribution in [0.1, 0.15) is 50.3 Å². The van der Waals surface area contributed by atoms with Crippen molar-refractivity contribution in [3.05, 3.63) is 54.5 Å². The zero-order valence-corrected chi connectivity index (χ0v) is 17.5. The van der Waals surface area contributed by atoms with E-state index in [0.29, 0.717) is 12.0 Å². The largest absolute Gasteiger partial charge is 0.341 e. The summed E-state index contributed by atoms with van der Waals surface area (Å²) in [7, 11) is 0. The molecule has 1 atom stereocenters. The minimum atomic E-state index is 0.145. The minimum absolute atomic E-state index is 0.145. The molecule has 1 aliphatic heterocycles. The molecule has 1 fully saturated rings. The molecule has 0 spiro atoms. The van der Waals surface area contributed by atoms with Crippen molar-refractivity contribution in [2.45, 2.75) is 51.6 Å². The highest BCUT2D eigenvalue weighted by molar-refractivity contribution is 5.64. The van der Waals surface area contributed by atoms with Crippen molar-refractivity contribution in [3.63, 3.8) is 0 Å². The molecule has 4 heterocycles. The van der Waals surface area contributed by atoms with Crippen molar-refractivity contribution in [2.24, 2.45) is 0 Å². The maximum absolute atomic E-state index is 5.04. The van der Waals surface area contributed by atoms with Crippen LogP contribution >= 0.6 is 0 Å². The number of aryl methyl sites for hydroxylation is 1. The lowest BCUT2D eigenvalue weighted by Gasteiger charge is -2.45. The average Bonchev–Trinajstić information content (AvgIpc) is 3.40. The van der Waals surface area contributed by atoms with Crippen LogP contribution in [0.3, 0.4) is 0 Å². The summed E-state index contributed by atoms with van der Waals surface area (Å²) in [6.07, 6.45) is 7.93. The van der Waals surface area contributed by atoms with Gasteiger partial charge in [0.05, 0.1) is 12.2 Å². The van der Waals surface area contributed by atoms with Crippen molar-refractivity contribution in [3.8, 4) is 23.0 Å². The van der Waals surface area contributed by atoms with Gasteiger partial charge in [-0.2, -0.15) is 14.8 Å². The molecule has 156 valence electrons. The van der Waals surface area contributed by atoms with Gasteiger partial charge in [-0.3, -0.25) is 4.57 Å². The molecular formula is C22H23N9. The summed E-state index contributed by atoms with van der Waals surface area (Å²) in [5.74, 6) is 3.99. The number of aromatic nitrogens is 8. The van der Waals surface area contributed by atoms with E-state index < -0.39 is 0 Å². The quantitative estimate of drug-likeness (QED) is 0.506. The van der Waals surface area contributed by atoms with Crippen LogP contribution in [-0.2, 0) is 0 Å². The summed E-state index contributed by atoms with van der Waals surface area (Å²) in [6.45, 7) is 4.17. The van der Waals surface area contributed by atoms with Crippen LogP contribution in [0.2, 0.25) is 0 Å². The fourth-order valence-electron chi connectivity index (χ4n) is 4.61. The van der Waals surface area contributed by atoms with Crippen LogP contribution in [0.15, 0.2) is 42.9 Å². The zero-order chi connectivity index (χ0) is 20.9. The van der Waals surface area contributed by atoms with E-state index in [4.69, 9.17) is 4.98 Å². The normalized spacial score (nSPS) is 17.9. The average molecular weight is 413 g/mol. The van der Waals surface area contributed by atoms with Crippen molar-refractivity contribution in [1.29, 1.82) is 0 Å². The molecule has 4 aromatic rings. The van der Waals surface area contributed by atoms with Gasteiger partial charge in [-0.05, 0) is 32.6 Å². The predicted octanol–water partition coefficient (Wildman–Crippen LogP) is 3.44. The lowest BCUT2D eigenvalue weighted by molar-refractivity contribution is 0.341. The highest BCUT2D eigenvalue weighted by Crippen LogP contribution is 2.43. The van der Waals surface area contributed by atoms with Gasteiger partial charge in [0.1, 0.15) is 17.8 Å². The summed E-state index contributed by atoms with van der Waals surface area (Å²) >= 11 is 0. The zero-order valence-electron chi connectivity index (χ0n) is 17.5. The molecule has 31 heavy (non-hydrogen) atoms. The first kappa shape index (κ1) is 18.2. The Balaban J connectivity index is 1.53. The summed E-state index contributed by atoms with van der Waals surface area (Å²) in [4.78, 5) is 16.6. The first-order valence-electron chi connectivity index (χ1n) is 10.8. The monoisotopic (exact) mass is 413 g/mol. The molecule has 6 rings (SSSR count). The predicted molar refractivity (Wildman–Crippen MR) is 115 cm³/mol. The van der Waals surface area contributed by atoms with Gasteiger partial charge in [0, 0.05) is 11.6 Å². The summed E-state index contributed by atoms with van der Waals surface area (Å²) in [6, 6.07) is 10.6. The molecule has 1 aliphatic carbocycles. The van der Waals surface area contributed by atoms with Gasteiger partial charge in [0.2, 0.25) is 0 Å². The smallest absolute Gasteiger partial charge is 0.254 e. The molecule has 3 aromatic heterocycles. The Hall–Kier alpha value is -3.62. The van der Waals surface area contributed by atoms with E-state index in [1.54, 1.807) is 11.0 Å². The maximum Gasteiger partial charge on any atom is 0.254 e. The molecule has 0 N–H and O–H groups in total. The van der Waals surface area contributed by atoms with Gasteiger partial charge < -0.3 is 4.90 Å². The van der Waals surface area contributed by atoms with E-state index in [1.165, 1.54) is 19.3 Å². The molecule has 2 aliphatic rings. The standard InChI is InChI=1S/C22H23N9/c1-3-17-21-28-27-14(2)29(21)18-12-23-22(26-20(18)30(17)16-10-7-11-16)31-19(24-13-25-31)15-8-5-4-6-9-15/h4-6,8-9,12-13,16-17H,3,7,10-11H2,1-2H3/t17-/m1/s1. The topological polar surface area (TPSA) is 90.4 Å². The highest BCUT2D eigenvalue weighted by Gasteiger charge is 2.40. The van der Waals surface area contributed by atoms with Crippen molar-refractivity contribution < 1.29 is 0 Å². The lowest BCUT2D eigenvalue weighted by atomic mass is 9.89. The van der Waals surface area contributed by atoms with Crippen LogP contribution in [-0.4, -0.2) is 45.5 Å². The van der Waals surface area contributed by atoms with E-state index in [9.17, 15) is 0 Å². The Morgan fingerprint density at radius 3 is 2.65 bits per heavy atom. The van der Waals surface area contributed by atoms with Crippen LogP contribution in [0, 0.1) is 6.92 Å². The molecule has 0 bridgehead atoms. The first-order chi connectivity index (χ1) is 15.3. The molecule has 0 saturated heterocycles. The van der Waals surface area contributed by atoms with Gasteiger partial charge >= 0.3 is 0 Å². The number of fused-ring (bicyclic) bond motifs is 3. The third-order valence-corrected chi connectivity index (χ3v) is 6.33. The van der Waals surface area contributed by atoms with Gasteiger partial charge in [-0.25, -0.2) is 9.97 Å². The summed E-state index contributed by atoms with van der Waals surface area (Å²) in [5.41, 5.74) is 1.90. The lowest BCUT2D eigenvalue weighted by Crippen LogP contribution is -2.46. The first-order valence-corrected chi connectivity index (χ1v) is 10.8. The molecule has 9 nitrogen and oxygen atoms in total. The van der Waals surface area contributed by atoms with Gasteiger partial charge in [0.15, 0.2) is 17.5 Å². The molecule has 1 aromatic carbocycles. The van der Waals surface area contributed by atoms with E-state index in [2.05, 4.69) is 41.7 Å². The van der Waals surface area contributed by atoms with Gasteiger partial charge in [-0.15, -0.1) is 10.2 Å². The van der Waals surface area contributed by atoms with E-state index in [1.807, 2.05) is 43.5 Å². The molecule has 1 saturated carbocycles. The Morgan fingerprint density at radius 2 is 1.90 bits per heavy atom. The number of rotatable bonds is 4. The molecule has 0 amide bonds. The van der Waals surface area contributed by atoms with Crippen LogP contribution in [0.4, 0.5) is 5.82 Å². The third-order valence-electron chi connectivity index (χ3n) is 6.33. The Labute approximate surface area is 179 Å². The third kappa shape index (κ3) is 2.69. The Bertz CT molecular complexity index is 1240. The maximum atomic E-state index is 5.04. The second-order valence-corrected chi connectivity index (χ2v) is 8.10. The van der Waals surface area contributed by atoms with Crippen molar-refractivity contribution in [1.82, 2.24) is 39.5 Å². The Morgan fingerprint density at radius 1 is 1.06 bits per heavy atom. The Kier molecular flexibility index (Phi) is 4.09. The second-order valence-electron chi connectivity index (χ2n) is 8.10. The van der Waals surface area contributed by atoms with Crippen molar-refractivity contribution in [2.75, 3.05) is 4.90 Å². The van der Waals surface area contributed by atoms with Gasteiger partial charge in [0.25, 0.3) is 5.95 Å². The number of hydrogen-bond donors (Lipinski definition) is 0. The molecule has 9 heteroatoms. The fraction of sp³-hybridized carbons (Fsp3) is 0.364. The van der Waals surface area contributed by atoms with E-state index in [-0.39, 0.29) is 6.04 Å². The fourth-order valence-corrected chi connectivity index (χ4v) is 4.61. The summed E-state index contributed by atoms with van der Waals surface area (Å²) < 4.78 is 3.81.